The smallest absolute Gasteiger partial charge is 0.332 e. The number of carbonyl (C=O) groups is 1. The summed E-state index contributed by atoms with van der Waals surface area (Å²) in [5.41, 5.74) is 0. The summed E-state index contributed by atoms with van der Waals surface area (Å²) >= 11 is 0. The van der Waals surface area contributed by atoms with E-state index in [1.807, 2.05) is 0 Å². The molecule has 0 radical (unpaired) electrons. The van der Waals surface area contributed by atoms with Crippen molar-refractivity contribution in [3.63, 3.8) is 0 Å². The van der Waals surface area contributed by atoms with Crippen LogP contribution in [-0.2, 0) is 22.6 Å². The monoisotopic (exact) mass is 228 g/mol. The van der Waals surface area contributed by atoms with Gasteiger partial charge >= 0.3 is 5.97 Å². The van der Waals surface area contributed by atoms with Crippen LogP contribution in [0.25, 0.3) is 0 Å². The van der Waals surface area contributed by atoms with Crippen LogP contribution in [0, 0.1) is 0 Å². The van der Waals surface area contributed by atoms with Gasteiger partial charge in [0.15, 0.2) is 11.9 Å². The van der Waals surface area contributed by atoms with Crippen LogP contribution in [0.3, 0.4) is 0 Å². The zero-order valence-corrected chi connectivity index (χ0v) is 9.47. The number of unbranched alkanes of at least 4 members (excludes halogenated alkanes) is 1. The SMILES string of the molecule is CCCCc1noc(CO[C@H](C)C(=O)O)n1. The van der Waals surface area contributed by atoms with E-state index in [9.17, 15) is 4.79 Å². The number of rotatable bonds is 7. The van der Waals surface area contributed by atoms with Gasteiger partial charge in [-0.3, -0.25) is 0 Å². The average molecular weight is 228 g/mol. The summed E-state index contributed by atoms with van der Waals surface area (Å²) in [6.45, 7) is 3.57. The Bertz CT molecular complexity index is 337. The molecule has 90 valence electrons. The van der Waals surface area contributed by atoms with E-state index in [1.54, 1.807) is 0 Å². The molecule has 0 aliphatic rings. The largest absolute Gasteiger partial charge is 0.479 e. The van der Waals surface area contributed by atoms with Crippen molar-refractivity contribution in [2.75, 3.05) is 0 Å². The van der Waals surface area contributed by atoms with Crippen molar-refractivity contribution in [2.24, 2.45) is 0 Å². The molecule has 6 nitrogen and oxygen atoms in total. The van der Waals surface area contributed by atoms with Crippen molar-refractivity contribution < 1.29 is 19.2 Å². The Morgan fingerprint density at radius 1 is 1.62 bits per heavy atom. The number of ether oxygens (including phenoxy) is 1. The van der Waals surface area contributed by atoms with Gasteiger partial charge in [0, 0.05) is 6.42 Å². The van der Waals surface area contributed by atoms with E-state index in [0.717, 1.165) is 19.3 Å². The molecule has 0 amide bonds. The van der Waals surface area contributed by atoms with Crippen LogP contribution in [0.4, 0.5) is 0 Å². The predicted octanol–water partition coefficient (Wildman–Crippen LogP) is 1.40. The van der Waals surface area contributed by atoms with Crippen molar-refractivity contribution in [1.29, 1.82) is 0 Å². The molecule has 6 heteroatoms. The molecule has 0 spiro atoms. The number of hydrogen-bond donors (Lipinski definition) is 1. The van der Waals surface area contributed by atoms with Gasteiger partial charge in [0.2, 0.25) is 0 Å². The van der Waals surface area contributed by atoms with Crippen LogP contribution in [0.1, 0.15) is 38.4 Å². The van der Waals surface area contributed by atoms with Crippen LogP contribution in [0.5, 0.6) is 0 Å². The lowest BCUT2D eigenvalue weighted by atomic mass is 10.2. The predicted molar refractivity (Wildman–Crippen MR) is 54.8 cm³/mol. The number of aromatic nitrogens is 2. The van der Waals surface area contributed by atoms with Crippen LogP contribution in [-0.4, -0.2) is 27.3 Å². The molecule has 1 N–H and O–H groups in total. The number of hydrogen-bond acceptors (Lipinski definition) is 5. The van der Waals surface area contributed by atoms with Crippen molar-refractivity contribution in [3.05, 3.63) is 11.7 Å². The fourth-order valence-corrected chi connectivity index (χ4v) is 1.05. The summed E-state index contributed by atoms with van der Waals surface area (Å²) in [4.78, 5) is 14.6. The highest BCUT2D eigenvalue weighted by Crippen LogP contribution is 2.04. The van der Waals surface area contributed by atoms with Crippen LogP contribution in [0.2, 0.25) is 0 Å². The molecular formula is C10H16N2O4. The van der Waals surface area contributed by atoms with Crippen molar-refractivity contribution >= 4 is 5.97 Å². The van der Waals surface area contributed by atoms with Crippen molar-refractivity contribution in [3.8, 4) is 0 Å². The molecule has 1 aromatic heterocycles. The Morgan fingerprint density at radius 2 is 2.38 bits per heavy atom. The van der Waals surface area contributed by atoms with E-state index in [0.29, 0.717) is 11.7 Å². The zero-order chi connectivity index (χ0) is 12.0. The third-order valence-corrected chi connectivity index (χ3v) is 2.07. The van der Waals surface area contributed by atoms with E-state index >= 15 is 0 Å². The molecule has 0 aliphatic heterocycles. The lowest BCUT2D eigenvalue weighted by Gasteiger charge is -2.04. The number of aliphatic carboxylic acids is 1. The van der Waals surface area contributed by atoms with E-state index in [1.165, 1.54) is 6.92 Å². The van der Waals surface area contributed by atoms with Gasteiger partial charge in [0.1, 0.15) is 6.61 Å². The maximum atomic E-state index is 10.5. The Labute approximate surface area is 93.6 Å². The molecule has 16 heavy (non-hydrogen) atoms. The highest BCUT2D eigenvalue weighted by molar-refractivity contribution is 5.71. The zero-order valence-electron chi connectivity index (χ0n) is 9.47. The van der Waals surface area contributed by atoms with Crippen LogP contribution in [0.15, 0.2) is 4.52 Å². The second-order valence-electron chi connectivity index (χ2n) is 3.50. The van der Waals surface area contributed by atoms with Crippen molar-refractivity contribution in [1.82, 2.24) is 10.1 Å². The van der Waals surface area contributed by atoms with E-state index < -0.39 is 12.1 Å². The highest BCUT2D eigenvalue weighted by atomic mass is 16.5. The van der Waals surface area contributed by atoms with E-state index in [2.05, 4.69) is 17.1 Å². The van der Waals surface area contributed by atoms with Crippen molar-refractivity contribution in [2.45, 2.75) is 45.8 Å². The molecule has 0 bridgehead atoms. The quantitative estimate of drug-likeness (QED) is 0.759. The molecule has 1 aromatic rings. The van der Waals surface area contributed by atoms with Gasteiger partial charge in [0.25, 0.3) is 5.89 Å². The maximum Gasteiger partial charge on any atom is 0.332 e. The normalized spacial score (nSPS) is 12.6. The van der Waals surface area contributed by atoms with Gasteiger partial charge in [-0.1, -0.05) is 18.5 Å². The summed E-state index contributed by atoms with van der Waals surface area (Å²) in [6.07, 6.45) is 1.97. The minimum atomic E-state index is -1.01. The van der Waals surface area contributed by atoms with Crippen LogP contribution < -0.4 is 0 Å². The molecule has 1 atom stereocenters. The first-order valence-electron chi connectivity index (χ1n) is 5.29. The topological polar surface area (TPSA) is 85.5 Å². The maximum absolute atomic E-state index is 10.5. The number of nitrogens with zero attached hydrogens (tertiary/aromatic N) is 2. The Kier molecular flexibility index (Phi) is 4.91. The molecule has 1 rings (SSSR count). The highest BCUT2D eigenvalue weighted by Gasteiger charge is 2.13. The lowest BCUT2D eigenvalue weighted by molar-refractivity contribution is -0.150. The molecule has 0 fully saturated rings. The van der Waals surface area contributed by atoms with Gasteiger partial charge in [-0.05, 0) is 13.3 Å². The second kappa shape index (κ2) is 6.22. The molecule has 0 saturated heterocycles. The first-order valence-corrected chi connectivity index (χ1v) is 5.29. The third kappa shape index (κ3) is 3.98. The first-order chi connectivity index (χ1) is 7.63. The molecule has 1 heterocycles. The second-order valence-corrected chi connectivity index (χ2v) is 3.50. The average Bonchev–Trinajstić information content (AvgIpc) is 2.70. The Balaban J connectivity index is 2.37. The van der Waals surface area contributed by atoms with Crippen LogP contribution >= 0.6 is 0 Å². The minimum absolute atomic E-state index is 0.0343. The summed E-state index contributed by atoms with van der Waals surface area (Å²) in [5.74, 6) is -0.0478. The summed E-state index contributed by atoms with van der Waals surface area (Å²) in [5, 5.41) is 12.4. The van der Waals surface area contributed by atoms with Gasteiger partial charge in [-0.15, -0.1) is 0 Å². The fraction of sp³-hybridized carbons (Fsp3) is 0.700. The molecule has 0 aromatic carbocycles. The number of carboxylic acids is 1. The Hall–Kier alpha value is -1.43. The van der Waals surface area contributed by atoms with Gasteiger partial charge in [-0.2, -0.15) is 4.98 Å². The number of aryl methyl sites for hydroxylation is 1. The van der Waals surface area contributed by atoms with Gasteiger partial charge < -0.3 is 14.4 Å². The minimum Gasteiger partial charge on any atom is -0.479 e. The standard InChI is InChI=1S/C10H16N2O4/c1-3-4-5-8-11-9(16-12-8)6-15-7(2)10(13)14/h7H,3-6H2,1-2H3,(H,13,14)/t7-/m1/s1. The van der Waals surface area contributed by atoms with E-state index in [-0.39, 0.29) is 6.61 Å². The molecule has 0 aliphatic carbocycles. The summed E-state index contributed by atoms with van der Waals surface area (Å²) < 4.78 is 9.92. The molecular weight excluding hydrogens is 212 g/mol. The van der Waals surface area contributed by atoms with E-state index in [4.69, 9.17) is 14.4 Å². The van der Waals surface area contributed by atoms with Gasteiger partial charge in [0.05, 0.1) is 0 Å². The Morgan fingerprint density at radius 3 is 3.00 bits per heavy atom. The molecule has 0 saturated carbocycles. The van der Waals surface area contributed by atoms with Gasteiger partial charge in [-0.25, -0.2) is 4.79 Å². The lowest BCUT2D eigenvalue weighted by Crippen LogP contribution is -2.19. The summed E-state index contributed by atoms with van der Waals surface area (Å²) in [7, 11) is 0. The summed E-state index contributed by atoms with van der Waals surface area (Å²) in [6, 6.07) is 0. The third-order valence-electron chi connectivity index (χ3n) is 2.07. The number of carboxylic acid groups (broad SMARTS) is 1. The fourth-order valence-electron chi connectivity index (χ4n) is 1.05. The first kappa shape index (κ1) is 12.6. The molecule has 0 unspecified atom stereocenters.